The molecular formula is C21H25NO5. The molecule has 2 aromatic carbocycles. The molecule has 1 aliphatic rings. The van der Waals surface area contributed by atoms with E-state index in [0.29, 0.717) is 13.2 Å². The van der Waals surface area contributed by atoms with Crippen molar-refractivity contribution in [2.75, 3.05) is 34.5 Å². The van der Waals surface area contributed by atoms with Crippen molar-refractivity contribution in [1.82, 2.24) is 0 Å². The highest BCUT2D eigenvalue weighted by Crippen LogP contribution is 2.37. The highest BCUT2D eigenvalue weighted by molar-refractivity contribution is 5.73. The van der Waals surface area contributed by atoms with E-state index in [1.165, 1.54) is 0 Å². The molecule has 0 saturated carbocycles. The first-order valence-electron chi connectivity index (χ1n) is 8.79. The molecule has 1 saturated heterocycles. The molecule has 144 valence electrons. The van der Waals surface area contributed by atoms with Gasteiger partial charge in [0.1, 0.15) is 18.0 Å². The van der Waals surface area contributed by atoms with Crippen LogP contribution in [0, 0.1) is 0 Å². The van der Waals surface area contributed by atoms with Gasteiger partial charge in [0.05, 0.1) is 32.2 Å². The molecule has 2 aromatic rings. The normalized spacial score (nSPS) is 25.1. The number of benzene rings is 2. The van der Waals surface area contributed by atoms with Crippen molar-refractivity contribution in [2.45, 2.75) is 18.0 Å². The Morgan fingerprint density at radius 3 is 2.00 bits per heavy atom. The van der Waals surface area contributed by atoms with Crippen LogP contribution in [0.25, 0.3) is 0 Å². The summed E-state index contributed by atoms with van der Waals surface area (Å²) in [5, 5.41) is 0. The number of nitrogens with zero attached hydrogens (tertiary/aromatic N) is 1. The third-order valence-electron chi connectivity index (χ3n) is 4.36. The Morgan fingerprint density at radius 2 is 1.48 bits per heavy atom. The van der Waals surface area contributed by atoms with E-state index in [1.54, 1.807) is 27.5 Å². The zero-order valence-electron chi connectivity index (χ0n) is 15.8. The summed E-state index contributed by atoms with van der Waals surface area (Å²) in [6.07, 6.45) is 1.16. The summed E-state index contributed by atoms with van der Waals surface area (Å²) < 4.78 is 28.4. The molecule has 0 bridgehead atoms. The minimum Gasteiger partial charge on any atom is -0.497 e. The largest absolute Gasteiger partial charge is 0.497 e. The van der Waals surface area contributed by atoms with Gasteiger partial charge >= 0.3 is 0 Å². The zero-order valence-corrected chi connectivity index (χ0v) is 15.8. The van der Waals surface area contributed by atoms with E-state index in [9.17, 15) is 0 Å². The minimum atomic E-state index is -1.10. The smallest absolute Gasteiger partial charge is 0.233 e. The molecule has 3 rings (SSSR count). The van der Waals surface area contributed by atoms with Crippen molar-refractivity contribution < 1.29 is 23.7 Å². The molecule has 2 unspecified atom stereocenters. The zero-order chi connectivity index (χ0) is 19.1. The summed E-state index contributed by atoms with van der Waals surface area (Å²) in [6, 6.07) is 17.2. The van der Waals surface area contributed by atoms with Crippen molar-refractivity contribution in [3.8, 4) is 5.75 Å². The second-order valence-corrected chi connectivity index (χ2v) is 6.21. The second kappa shape index (κ2) is 9.10. The summed E-state index contributed by atoms with van der Waals surface area (Å²) in [5.74, 6) is -0.325. The number of aliphatic imine (C=N–C) groups is 1. The molecule has 27 heavy (non-hydrogen) atoms. The minimum absolute atomic E-state index is 0.266. The van der Waals surface area contributed by atoms with Crippen LogP contribution in [-0.2, 0) is 24.7 Å². The molecule has 2 atom stereocenters. The van der Waals surface area contributed by atoms with Crippen LogP contribution in [0.5, 0.6) is 5.75 Å². The third-order valence-corrected chi connectivity index (χ3v) is 4.36. The third kappa shape index (κ3) is 4.54. The van der Waals surface area contributed by atoms with Crippen LogP contribution in [0.15, 0.2) is 59.6 Å². The molecule has 0 N–H and O–H groups in total. The van der Waals surface area contributed by atoms with Crippen LogP contribution in [0.3, 0.4) is 0 Å². The first-order chi connectivity index (χ1) is 13.2. The fourth-order valence-corrected chi connectivity index (χ4v) is 3.01. The lowest BCUT2D eigenvalue weighted by molar-refractivity contribution is -0.130. The summed E-state index contributed by atoms with van der Waals surface area (Å²) in [4.78, 5) is 4.59. The summed E-state index contributed by atoms with van der Waals surface area (Å²) >= 11 is 0. The Morgan fingerprint density at radius 1 is 0.889 bits per heavy atom. The van der Waals surface area contributed by atoms with Gasteiger partial charge in [0.2, 0.25) is 5.79 Å². The summed E-state index contributed by atoms with van der Waals surface area (Å²) in [7, 11) is 4.91. The van der Waals surface area contributed by atoms with Gasteiger partial charge in [-0.15, -0.1) is 0 Å². The molecule has 1 fully saturated rings. The molecule has 6 nitrogen and oxygen atoms in total. The SMILES string of the molecule is COCC1OC(C=Nc2ccc(OC)cc2)(c2ccccc2)OC1COC. The summed E-state index contributed by atoms with van der Waals surface area (Å²) in [5.41, 5.74) is 1.64. The Bertz CT molecular complexity index is 718. The van der Waals surface area contributed by atoms with Crippen LogP contribution < -0.4 is 4.74 Å². The number of methoxy groups -OCH3 is 3. The number of hydrogen-bond donors (Lipinski definition) is 0. The lowest BCUT2D eigenvalue weighted by Gasteiger charge is -2.24. The van der Waals surface area contributed by atoms with Crippen molar-refractivity contribution in [2.24, 2.45) is 4.99 Å². The van der Waals surface area contributed by atoms with Crippen molar-refractivity contribution in [1.29, 1.82) is 0 Å². The molecule has 0 radical (unpaired) electrons. The number of hydrogen-bond acceptors (Lipinski definition) is 6. The van der Waals surface area contributed by atoms with E-state index in [0.717, 1.165) is 17.0 Å². The van der Waals surface area contributed by atoms with Gasteiger partial charge in [-0.3, -0.25) is 4.99 Å². The fraction of sp³-hybridized carbons (Fsp3) is 0.381. The average molecular weight is 371 g/mol. The van der Waals surface area contributed by atoms with Crippen LogP contribution in [-0.4, -0.2) is 53.0 Å². The molecule has 0 amide bonds. The quantitative estimate of drug-likeness (QED) is 0.666. The van der Waals surface area contributed by atoms with Crippen molar-refractivity contribution in [3.05, 3.63) is 60.2 Å². The molecule has 1 aliphatic heterocycles. The van der Waals surface area contributed by atoms with Gasteiger partial charge in [-0.1, -0.05) is 30.3 Å². The van der Waals surface area contributed by atoms with Crippen LogP contribution >= 0.6 is 0 Å². The molecule has 0 aromatic heterocycles. The van der Waals surface area contributed by atoms with E-state index >= 15 is 0 Å². The summed E-state index contributed by atoms with van der Waals surface area (Å²) in [6.45, 7) is 0.804. The van der Waals surface area contributed by atoms with E-state index < -0.39 is 5.79 Å². The first-order valence-corrected chi connectivity index (χ1v) is 8.79. The van der Waals surface area contributed by atoms with Gasteiger partial charge in [-0.25, -0.2) is 0 Å². The van der Waals surface area contributed by atoms with Crippen molar-refractivity contribution in [3.63, 3.8) is 0 Å². The van der Waals surface area contributed by atoms with E-state index in [2.05, 4.69) is 4.99 Å². The predicted octanol–water partition coefficient (Wildman–Crippen LogP) is 3.33. The molecule has 1 heterocycles. The van der Waals surface area contributed by atoms with Gasteiger partial charge < -0.3 is 23.7 Å². The van der Waals surface area contributed by atoms with Crippen LogP contribution in [0.2, 0.25) is 0 Å². The maximum absolute atomic E-state index is 6.31. The van der Waals surface area contributed by atoms with E-state index in [-0.39, 0.29) is 12.2 Å². The Hall–Kier alpha value is -2.25. The second-order valence-electron chi connectivity index (χ2n) is 6.21. The van der Waals surface area contributed by atoms with Gasteiger partial charge in [-0.2, -0.15) is 0 Å². The van der Waals surface area contributed by atoms with E-state index in [4.69, 9.17) is 23.7 Å². The molecule has 0 spiro atoms. The first kappa shape index (κ1) is 19.5. The monoisotopic (exact) mass is 371 g/mol. The van der Waals surface area contributed by atoms with Gasteiger partial charge in [-0.05, 0) is 24.3 Å². The molecule has 6 heteroatoms. The predicted molar refractivity (Wildman–Crippen MR) is 103 cm³/mol. The fourth-order valence-electron chi connectivity index (χ4n) is 3.01. The standard InChI is InChI=1S/C21H25NO5/c1-23-13-19-20(14-24-2)27-21(26-19,16-7-5-4-6-8-16)15-22-17-9-11-18(25-3)12-10-17/h4-12,15,19-20H,13-14H2,1-3H3. The maximum Gasteiger partial charge on any atom is 0.233 e. The van der Waals surface area contributed by atoms with Gasteiger partial charge in [0.25, 0.3) is 0 Å². The molecular weight excluding hydrogens is 346 g/mol. The number of rotatable bonds is 8. The van der Waals surface area contributed by atoms with Crippen LogP contribution in [0.4, 0.5) is 5.69 Å². The Balaban J connectivity index is 1.92. The molecule has 0 aliphatic carbocycles. The van der Waals surface area contributed by atoms with E-state index in [1.807, 2.05) is 54.6 Å². The van der Waals surface area contributed by atoms with Crippen LogP contribution in [0.1, 0.15) is 5.56 Å². The Kier molecular flexibility index (Phi) is 6.58. The van der Waals surface area contributed by atoms with Gasteiger partial charge in [0, 0.05) is 19.8 Å². The highest BCUT2D eigenvalue weighted by atomic mass is 16.8. The lowest BCUT2D eigenvalue weighted by Crippen LogP contribution is -2.30. The average Bonchev–Trinajstić information content (AvgIpc) is 3.07. The topological polar surface area (TPSA) is 58.5 Å². The Labute approximate surface area is 159 Å². The van der Waals surface area contributed by atoms with Gasteiger partial charge in [0.15, 0.2) is 0 Å². The number of ether oxygens (including phenoxy) is 5. The maximum atomic E-state index is 6.31. The highest BCUT2D eigenvalue weighted by Gasteiger charge is 2.48. The lowest BCUT2D eigenvalue weighted by atomic mass is 10.1. The van der Waals surface area contributed by atoms with Crippen molar-refractivity contribution >= 4 is 11.9 Å².